The summed E-state index contributed by atoms with van der Waals surface area (Å²) in [7, 11) is 4.77. The molecule has 32 heteroatoms. The van der Waals surface area contributed by atoms with Crippen LogP contribution in [0.5, 0.6) is 0 Å². The number of hydrogen-bond donors (Lipinski definition) is 13. The summed E-state index contributed by atoms with van der Waals surface area (Å²) < 4.78 is 17.8. The number of anilines is 1. The standard InChI is InChI=1S/C76H118N16O15S/c1-14-47(6)54(59(105-12)40-62(95)92-36-21-26-58(92)65(106-13)49(8)67(97)87-57(71-81-35-37-108-71)38-50-22-16-15-17-23-50)42-91(11)72(101)64(46(4)5)89-73(102)76(9,10)90-75(104)107-43-51-28-30-52(31-29-51)84-68(98)56(25-20-34-82-74(78)103)86-70(100)63(45(2)3)88-69(99)55(85-61(94)39-53-41-79-44-83-53)24-18-19-33-80-60(93)32-27-48(7)66(77)96/h15-17,22-23,28-31,35,37,41,44-49,54-59,63-65,70,86,100H,14,18-21,24-27,32-34,36,38-40,42-43H2,1-13H3,(H2,77,96)(H,79,83)(H,80,93)(H,84,98)(H,85,94)(H,87,97)(H,88,99)(H,89,102)(H,90,104)(H3,78,82,103)/t47-,48+,49+,54-,55-,56-,57-,58-,59+,63-,64-,65+,70?/m0/s1. The predicted octanol–water partition coefficient (Wildman–Crippen LogP) is 5.00. The van der Waals surface area contributed by atoms with Gasteiger partial charge in [-0.05, 0) is 113 Å². The molecule has 1 aliphatic rings. The summed E-state index contributed by atoms with van der Waals surface area (Å²) in [5.74, 6) is -6.11. The Morgan fingerprint density at radius 3 is 2.09 bits per heavy atom. The fourth-order valence-corrected chi connectivity index (χ4v) is 13.6. The number of rotatable bonds is 47. The van der Waals surface area contributed by atoms with Gasteiger partial charge < -0.3 is 88.1 Å². The predicted molar refractivity (Wildman–Crippen MR) is 408 cm³/mol. The highest BCUT2D eigenvalue weighted by molar-refractivity contribution is 7.09. The molecule has 108 heavy (non-hydrogen) atoms. The van der Waals surface area contributed by atoms with Crippen molar-refractivity contribution >= 4 is 82.3 Å². The second-order valence-electron chi connectivity index (χ2n) is 29.3. The fourth-order valence-electron chi connectivity index (χ4n) is 12.9. The first-order chi connectivity index (χ1) is 51.3. The summed E-state index contributed by atoms with van der Waals surface area (Å²) in [5, 5.41) is 39.8. The van der Waals surface area contributed by atoms with E-state index in [2.05, 4.69) is 62.8 Å². The zero-order chi connectivity index (χ0) is 79.8. The van der Waals surface area contributed by atoms with Crippen LogP contribution in [0.15, 0.2) is 78.7 Å². The van der Waals surface area contributed by atoms with E-state index in [0.717, 1.165) is 17.0 Å². The minimum Gasteiger partial charge on any atom is -0.445 e. The monoisotopic (exact) mass is 1530 g/mol. The molecule has 598 valence electrons. The number of unbranched alkanes of at least 4 members (excludes halogenated alkanes) is 1. The molecule has 1 aliphatic heterocycles. The largest absolute Gasteiger partial charge is 0.445 e. The number of H-pyrrole nitrogens is 1. The van der Waals surface area contributed by atoms with Crippen LogP contribution < -0.4 is 59.3 Å². The number of carbonyl (C=O) groups is 11. The van der Waals surface area contributed by atoms with Gasteiger partial charge in [0.1, 0.15) is 35.5 Å². The second kappa shape index (κ2) is 45.0. The number of amides is 12. The number of carbonyl (C=O) groups excluding carboxylic acids is 11. The van der Waals surface area contributed by atoms with Crippen LogP contribution in [0.3, 0.4) is 0 Å². The highest BCUT2D eigenvalue weighted by Gasteiger charge is 2.43. The number of aliphatic hydroxyl groups is 1. The Morgan fingerprint density at radius 1 is 0.787 bits per heavy atom. The van der Waals surface area contributed by atoms with Gasteiger partial charge in [0.2, 0.25) is 53.2 Å². The number of likely N-dealkylation sites (N-methyl/N-ethyl adjacent to an activating group) is 1. The molecule has 4 aromatic rings. The van der Waals surface area contributed by atoms with E-state index in [4.69, 9.17) is 25.7 Å². The van der Waals surface area contributed by atoms with E-state index in [1.54, 1.807) is 96.1 Å². The number of nitrogens with two attached hydrogens (primary N) is 2. The maximum absolute atomic E-state index is 14.6. The molecule has 2 aromatic carbocycles. The van der Waals surface area contributed by atoms with Crippen LogP contribution in [0.4, 0.5) is 15.3 Å². The lowest BCUT2D eigenvalue weighted by Gasteiger charge is -2.38. The number of hydrogen-bond acceptors (Lipinski definition) is 19. The summed E-state index contributed by atoms with van der Waals surface area (Å²) in [4.78, 5) is 162. The molecule has 31 nitrogen and oxygen atoms in total. The molecule has 12 amide bonds. The molecule has 5 rings (SSSR count). The van der Waals surface area contributed by atoms with Gasteiger partial charge in [0.25, 0.3) is 0 Å². The molecule has 13 atom stereocenters. The lowest BCUT2D eigenvalue weighted by molar-refractivity contribution is -0.144. The third kappa shape index (κ3) is 29.1. The number of likely N-dealkylation sites (tertiary alicyclic amines) is 1. The van der Waals surface area contributed by atoms with Gasteiger partial charge >= 0.3 is 12.1 Å². The number of benzene rings is 2. The molecular weight excluding hydrogens is 1410 g/mol. The van der Waals surface area contributed by atoms with Crippen LogP contribution in [-0.4, -0.2) is 197 Å². The van der Waals surface area contributed by atoms with Gasteiger partial charge in [-0.15, -0.1) is 11.3 Å². The lowest BCUT2D eigenvalue weighted by atomic mass is 9.84. The Bertz CT molecular complexity index is 3500. The Hall–Kier alpha value is -9.11. The van der Waals surface area contributed by atoms with E-state index in [0.29, 0.717) is 62.0 Å². The number of ether oxygens (including phenoxy) is 3. The third-order valence-electron chi connectivity index (χ3n) is 19.8. The molecule has 0 radical (unpaired) electrons. The van der Waals surface area contributed by atoms with Crippen LogP contribution >= 0.6 is 11.3 Å². The molecule has 1 unspecified atom stereocenters. The number of primary amides is 2. The Labute approximate surface area is 638 Å². The van der Waals surface area contributed by atoms with E-state index < -0.39 is 119 Å². The topological polar surface area (TPSA) is 444 Å². The molecule has 1 fully saturated rings. The van der Waals surface area contributed by atoms with Gasteiger partial charge in [-0.3, -0.25) is 48.5 Å². The second-order valence-corrected chi connectivity index (χ2v) is 30.2. The normalized spacial score (nSPS) is 16.3. The lowest BCUT2D eigenvalue weighted by Crippen LogP contribution is -2.60. The maximum Gasteiger partial charge on any atom is 0.408 e. The van der Waals surface area contributed by atoms with Crippen molar-refractivity contribution < 1.29 is 72.1 Å². The molecule has 0 aliphatic carbocycles. The zero-order valence-electron chi connectivity index (χ0n) is 64.9. The Morgan fingerprint density at radius 2 is 1.48 bits per heavy atom. The van der Waals surface area contributed by atoms with Crippen LogP contribution in [0.2, 0.25) is 0 Å². The van der Waals surface area contributed by atoms with Crippen molar-refractivity contribution in [3.63, 3.8) is 0 Å². The number of aromatic nitrogens is 3. The summed E-state index contributed by atoms with van der Waals surface area (Å²) >= 11 is 1.47. The van der Waals surface area contributed by atoms with Gasteiger partial charge in [-0.2, -0.15) is 0 Å². The van der Waals surface area contributed by atoms with Gasteiger partial charge in [-0.25, -0.2) is 19.6 Å². The van der Waals surface area contributed by atoms with Gasteiger partial charge in [0.15, 0.2) is 0 Å². The average molecular weight is 1530 g/mol. The van der Waals surface area contributed by atoms with Crippen LogP contribution in [0.25, 0.3) is 0 Å². The number of nitrogens with one attached hydrogen (secondary N) is 10. The van der Waals surface area contributed by atoms with Crippen molar-refractivity contribution in [2.45, 2.75) is 220 Å². The fraction of sp³-hybridized carbons (Fsp3) is 0.618. The molecule has 0 saturated carbocycles. The molecule has 0 spiro atoms. The number of methoxy groups -OCH3 is 2. The van der Waals surface area contributed by atoms with E-state index in [1.165, 1.54) is 37.7 Å². The van der Waals surface area contributed by atoms with Crippen LogP contribution in [0.1, 0.15) is 168 Å². The number of urea groups is 1. The summed E-state index contributed by atoms with van der Waals surface area (Å²) in [5.41, 5.74) is 11.4. The quantitative estimate of drug-likeness (QED) is 0.0204. The van der Waals surface area contributed by atoms with Gasteiger partial charge in [0.05, 0.1) is 61.5 Å². The zero-order valence-corrected chi connectivity index (χ0v) is 65.7. The first-order valence-corrected chi connectivity index (χ1v) is 38.2. The van der Waals surface area contributed by atoms with E-state index in [-0.39, 0.29) is 106 Å². The minimum atomic E-state index is -1.59. The number of alkyl carbamates (subject to hydrolysis) is 1. The van der Waals surface area contributed by atoms with Gasteiger partial charge in [0, 0.05) is 94.9 Å². The highest BCUT2D eigenvalue weighted by Crippen LogP contribution is 2.32. The van der Waals surface area contributed by atoms with Crippen molar-refractivity contribution in [2.24, 2.45) is 47.0 Å². The molecule has 1 saturated heterocycles. The summed E-state index contributed by atoms with van der Waals surface area (Å²) in [6, 6.07) is 10.5. The first-order valence-electron chi connectivity index (χ1n) is 37.4. The summed E-state index contributed by atoms with van der Waals surface area (Å²) in [6.45, 7) is 18.4. The van der Waals surface area contributed by atoms with Crippen LogP contribution in [-0.2, 0) is 76.8 Å². The molecule has 3 heterocycles. The Kier molecular flexibility index (Phi) is 37.3. The van der Waals surface area contributed by atoms with E-state index >= 15 is 0 Å². The number of aromatic amines is 1. The molecular formula is C76H118N16O15S. The van der Waals surface area contributed by atoms with Gasteiger partial charge in [-0.1, -0.05) is 104 Å². The van der Waals surface area contributed by atoms with E-state index in [9.17, 15) is 57.8 Å². The minimum absolute atomic E-state index is 0.00863. The number of imidazole rings is 1. The molecule has 2 aromatic heterocycles. The summed E-state index contributed by atoms with van der Waals surface area (Å²) in [6.07, 6.45) is 5.15. The van der Waals surface area contributed by atoms with Crippen molar-refractivity contribution in [1.29, 1.82) is 0 Å². The smallest absolute Gasteiger partial charge is 0.408 e. The number of aliphatic hydroxyl groups excluding tert-OH is 1. The van der Waals surface area contributed by atoms with E-state index in [1.807, 2.05) is 56.5 Å². The van der Waals surface area contributed by atoms with Crippen molar-refractivity contribution in [1.82, 2.24) is 67.3 Å². The molecule has 0 bridgehead atoms. The van der Waals surface area contributed by atoms with Crippen molar-refractivity contribution in [3.8, 4) is 0 Å². The first kappa shape index (κ1) is 89.5. The molecule has 15 N–H and O–H groups in total. The number of thiazole rings is 1. The SMILES string of the molecule is CC[C@H](C)[C@H](CN(C)C(=O)[C@@H](NC(=O)C(C)(C)NC(=O)OCc1ccc(NC(=O)[C@H](CCCNC(N)=O)NC(O)[C@@H](NC(=O)[C@H](CCCCNC(=O)CC[C@@H](C)C(N)=O)NC(=O)Cc2cnc[nH]2)C(C)C)cc1)C(C)C)[C@@H](CC(=O)N1CCC[C@H]1[C@H](OC)[C@@H](C)C(=O)N[C@@H](Cc1ccccc1)c1nccs1)OC. The Balaban J connectivity index is 1.16. The average Bonchev–Trinajstić information content (AvgIpc) is 1.53. The highest BCUT2D eigenvalue weighted by atomic mass is 32.1. The third-order valence-corrected chi connectivity index (χ3v) is 20.7. The number of nitrogens with zero attached hydrogens (tertiary/aromatic N) is 4. The van der Waals surface area contributed by atoms with Crippen molar-refractivity contribution in [3.05, 3.63) is 101 Å². The maximum atomic E-state index is 14.6. The van der Waals surface area contributed by atoms with Crippen LogP contribution in [0, 0.1) is 35.5 Å². The van der Waals surface area contributed by atoms with Crippen molar-refractivity contribution in [2.75, 3.05) is 52.8 Å².